The molecule has 0 amide bonds. The second kappa shape index (κ2) is 16.9. The van der Waals surface area contributed by atoms with Crippen LogP contribution in [0.5, 0.6) is 0 Å². The summed E-state index contributed by atoms with van der Waals surface area (Å²) in [6.07, 6.45) is 11.7. The molecule has 0 bridgehead atoms. The third kappa shape index (κ3) is 10.4. The summed E-state index contributed by atoms with van der Waals surface area (Å²) in [5.74, 6) is -0.296. The Morgan fingerprint density at radius 3 is 1.32 bits per heavy atom. The molecule has 0 heterocycles. The topological polar surface area (TPSA) is 0 Å². The van der Waals surface area contributed by atoms with Gasteiger partial charge in [-0.05, 0) is 23.3 Å². The Morgan fingerprint density at radius 2 is 1.03 bits per heavy atom. The number of benzene rings is 3. The van der Waals surface area contributed by atoms with E-state index < -0.39 is 0 Å². The smallest absolute Gasteiger partial charge is 1.00 e. The van der Waals surface area contributed by atoms with Gasteiger partial charge in [-0.25, -0.2) is 32.1 Å². The summed E-state index contributed by atoms with van der Waals surface area (Å²) in [6, 6.07) is 24.5. The monoisotopic (exact) mass is 626 g/mol. The molecule has 6 heteroatoms. The largest absolute Gasteiger partial charge is 1.00 e. The van der Waals surface area contributed by atoms with Crippen LogP contribution in [0, 0.1) is 23.8 Å². The summed E-state index contributed by atoms with van der Waals surface area (Å²) in [4.78, 5) is 0. The van der Waals surface area contributed by atoms with Crippen LogP contribution < -0.4 is 30.0 Å². The average Bonchev–Trinajstić information content (AvgIpc) is 3.49. The zero-order chi connectivity index (χ0) is 25.2. The molecule has 0 saturated heterocycles. The molecular weight excluding hydrogens is 601 g/mol. The van der Waals surface area contributed by atoms with E-state index in [0.29, 0.717) is 11.1 Å². The van der Waals surface area contributed by atoms with Gasteiger partial charge in [0.15, 0.2) is 0 Å². The standard InChI is InChI=1S/2C12H10F.C7H8Si.2ClH.Zr/c2*1-9-6-7-10(8-9)11-4-2-3-5-12(11)13;1-8-7-5-3-2-4-6-7;;;/h2*2-5,8H,7H2,1H3;2-6H,1H3;2*1H;/q2*-1;;;;+2/p-2. The van der Waals surface area contributed by atoms with Crippen molar-refractivity contribution in [3.63, 3.8) is 0 Å². The molecule has 37 heavy (non-hydrogen) atoms. The summed E-state index contributed by atoms with van der Waals surface area (Å²) < 4.78 is 26.6. The molecule has 0 unspecified atom stereocenters. The molecule has 0 nitrogen and oxygen atoms in total. The molecule has 5 rings (SSSR count). The first kappa shape index (κ1) is 33.2. The minimum absolute atomic E-state index is 0. The summed E-state index contributed by atoms with van der Waals surface area (Å²) >= 11 is 1.69. The molecule has 0 fully saturated rings. The maximum Gasteiger partial charge on any atom is -1.00 e. The van der Waals surface area contributed by atoms with Gasteiger partial charge in [0.05, 0.1) is 0 Å². The van der Waals surface area contributed by atoms with Crippen molar-refractivity contribution in [2.45, 2.75) is 33.2 Å². The van der Waals surface area contributed by atoms with Gasteiger partial charge in [0.1, 0.15) is 11.6 Å². The first-order valence-corrected chi connectivity index (χ1v) is 17.2. The van der Waals surface area contributed by atoms with Crippen molar-refractivity contribution in [2.24, 2.45) is 0 Å². The molecule has 0 N–H and O–H groups in total. The van der Waals surface area contributed by atoms with Crippen LogP contribution in [0.1, 0.15) is 37.8 Å². The molecule has 3 aromatic carbocycles. The van der Waals surface area contributed by atoms with Crippen LogP contribution in [0.4, 0.5) is 8.78 Å². The van der Waals surface area contributed by atoms with E-state index in [9.17, 15) is 8.78 Å². The summed E-state index contributed by atoms with van der Waals surface area (Å²) in [5, 5.41) is 1.56. The summed E-state index contributed by atoms with van der Waals surface area (Å²) in [5.41, 5.74) is 5.52. The Morgan fingerprint density at radius 1 is 0.649 bits per heavy atom. The van der Waals surface area contributed by atoms with Crippen LogP contribution in [0.15, 0.2) is 102 Å². The van der Waals surface area contributed by atoms with Gasteiger partial charge in [-0.2, -0.15) is 0 Å². The van der Waals surface area contributed by atoms with E-state index in [1.165, 1.54) is 12.1 Å². The van der Waals surface area contributed by atoms with Crippen molar-refractivity contribution in [1.82, 2.24) is 0 Å². The quantitative estimate of drug-likeness (QED) is 0.307. The molecule has 0 spiro atoms. The third-order valence-corrected chi connectivity index (χ3v) is 8.87. The predicted octanol–water partition coefficient (Wildman–Crippen LogP) is 1.79. The average molecular weight is 629 g/mol. The molecule has 0 atom stereocenters. The van der Waals surface area contributed by atoms with E-state index in [1.807, 2.05) is 38.1 Å². The van der Waals surface area contributed by atoms with E-state index >= 15 is 0 Å². The summed E-state index contributed by atoms with van der Waals surface area (Å²) in [6.45, 7) is 6.31. The molecular formula is C31H28Cl2F2SiZr-2. The van der Waals surface area contributed by atoms with Crippen LogP contribution in [0.2, 0.25) is 6.55 Å². The normalized spacial score (nSPS) is 13.2. The van der Waals surface area contributed by atoms with Gasteiger partial charge < -0.3 is 24.8 Å². The van der Waals surface area contributed by atoms with Gasteiger partial charge in [-0.15, -0.1) is 24.0 Å². The fourth-order valence-corrected chi connectivity index (χ4v) is 5.59. The molecule has 3 aromatic rings. The summed E-state index contributed by atoms with van der Waals surface area (Å²) in [7, 11) is 0. The Kier molecular flexibility index (Phi) is 15.1. The molecule has 2 aliphatic rings. The van der Waals surface area contributed by atoms with E-state index in [-0.39, 0.29) is 41.9 Å². The molecule has 0 aliphatic heterocycles. The van der Waals surface area contributed by atoms with Crippen LogP contribution in [-0.4, -0.2) is 5.43 Å². The van der Waals surface area contributed by atoms with Crippen LogP contribution in [0.3, 0.4) is 0 Å². The minimum Gasteiger partial charge on any atom is -1.00 e. The van der Waals surface area contributed by atoms with Gasteiger partial charge >= 0.3 is 70.8 Å². The fourth-order valence-electron chi connectivity index (χ4n) is 3.67. The number of allylic oxidation sites excluding steroid dienone is 8. The first-order valence-electron chi connectivity index (χ1n) is 11.5. The maximum atomic E-state index is 13.3. The maximum absolute atomic E-state index is 13.3. The van der Waals surface area contributed by atoms with E-state index in [2.05, 4.69) is 49.0 Å². The van der Waals surface area contributed by atoms with E-state index in [1.54, 1.807) is 52.8 Å². The zero-order valence-electron chi connectivity index (χ0n) is 21.1. The van der Waals surface area contributed by atoms with Gasteiger partial charge in [0.2, 0.25) is 0 Å². The fraction of sp³-hybridized carbons (Fsp3) is 0.161. The van der Waals surface area contributed by atoms with Gasteiger partial charge in [-0.1, -0.05) is 50.2 Å². The molecule has 190 valence electrons. The van der Waals surface area contributed by atoms with Gasteiger partial charge in [-0.3, -0.25) is 12.2 Å². The number of rotatable bonds is 3. The Balaban J connectivity index is 0.000000275. The van der Waals surface area contributed by atoms with Gasteiger partial charge in [0, 0.05) is 0 Å². The molecule has 2 aliphatic carbocycles. The van der Waals surface area contributed by atoms with E-state index in [4.69, 9.17) is 0 Å². The van der Waals surface area contributed by atoms with Gasteiger partial charge in [0.25, 0.3) is 0 Å². The van der Waals surface area contributed by atoms with Crippen molar-refractivity contribution in [3.8, 4) is 0 Å². The van der Waals surface area contributed by atoms with Crippen molar-refractivity contribution in [1.29, 1.82) is 0 Å². The molecule has 0 aromatic heterocycles. The van der Waals surface area contributed by atoms with Crippen molar-refractivity contribution >= 4 is 21.8 Å². The van der Waals surface area contributed by atoms with Crippen molar-refractivity contribution < 1.29 is 56.9 Å². The van der Waals surface area contributed by atoms with E-state index in [0.717, 1.165) is 35.1 Å². The molecule has 0 radical (unpaired) electrons. The SMILES string of the molecule is CC1=[C-]CC(c2ccccc2F)=C1.CC1=[C-]CC(c2ccccc2F)=C1.C[Si](=[Zr+2])c1ccccc1.[Cl-].[Cl-]. The second-order valence-electron chi connectivity index (χ2n) is 8.36. The number of hydrogen-bond acceptors (Lipinski definition) is 0. The predicted molar refractivity (Wildman–Crippen MR) is 141 cm³/mol. The number of hydrogen-bond donors (Lipinski definition) is 0. The third-order valence-electron chi connectivity index (χ3n) is 5.54. The Hall–Kier alpha value is -1.84. The zero-order valence-corrected chi connectivity index (χ0v) is 26.1. The van der Waals surface area contributed by atoms with Crippen LogP contribution in [0.25, 0.3) is 11.1 Å². The Bertz CT molecular complexity index is 1230. The van der Waals surface area contributed by atoms with Crippen LogP contribution in [-0.2, 0) is 23.3 Å². The molecule has 0 saturated carbocycles. The number of halogens is 4. The first-order chi connectivity index (χ1) is 16.8. The minimum atomic E-state index is -0.148. The Labute approximate surface area is 247 Å². The second-order valence-corrected chi connectivity index (χ2v) is 15.7. The van der Waals surface area contributed by atoms with Crippen LogP contribution >= 0.6 is 0 Å². The van der Waals surface area contributed by atoms with Crippen molar-refractivity contribution in [3.05, 3.63) is 137 Å². The van der Waals surface area contributed by atoms with Crippen molar-refractivity contribution in [2.75, 3.05) is 0 Å².